The van der Waals surface area contributed by atoms with E-state index in [4.69, 9.17) is 4.74 Å². The van der Waals surface area contributed by atoms with E-state index in [-0.39, 0.29) is 0 Å². The highest BCUT2D eigenvalue weighted by molar-refractivity contribution is 5.43. The molecule has 0 spiro atoms. The lowest BCUT2D eigenvalue weighted by Crippen LogP contribution is -2.08. The second-order valence-electron chi connectivity index (χ2n) is 6.73. The van der Waals surface area contributed by atoms with E-state index in [1.165, 1.54) is 22.3 Å². The minimum absolute atomic E-state index is 0.554. The Morgan fingerprint density at radius 3 is 1.81 bits per heavy atom. The molecule has 0 heterocycles. The van der Waals surface area contributed by atoms with Gasteiger partial charge in [-0.2, -0.15) is 0 Å². The molecule has 1 heteroatoms. The second-order valence-corrected chi connectivity index (χ2v) is 6.73. The molecule has 0 aromatic heterocycles. The monoisotopic (exact) mass is 288 g/mol. The summed E-state index contributed by atoms with van der Waals surface area (Å²) in [5.41, 5.74) is 5.94. The fourth-order valence-corrected chi connectivity index (χ4v) is 2.72. The van der Waals surface area contributed by atoms with Crippen LogP contribution >= 0.6 is 0 Å². The Hall–Kier alpha value is -1.24. The van der Waals surface area contributed by atoms with Gasteiger partial charge in [-0.1, -0.05) is 59.8 Å². The number of benzene rings is 1. The number of rotatable bonds is 7. The van der Waals surface area contributed by atoms with Crippen LogP contribution in [-0.4, -0.2) is 6.61 Å². The predicted octanol–water partition coefficient (Wildman–Crippen LogP) is 6.15. The lowest BCUT2D eigenvalue weighted by molar-refractivity contribution is 0.252. The molecule has 0 fully saturated rings. The minimum atomic E-state index is 0.554. The van der Waals surface area contributed by atoms with E-state index in [1.807, 2.05) is 13.0 Å². The highest BCUT2D eigenvalue weighted by atomic mass is 16.5. The second kappa shape index (κ2) is 8.26. The molecular weight excluding hydrogens is 256 g/mol. The Balaban J connectivity index is 3.22. The first kappa shape index (κ1) is 17.8. The van der Waals surface area contributed by atoms with Gasteiger partial charge in [-0.3, -0.25) is 0 Å². The molecule has 0 saturated heterocycles. The Kier molecular flexibility index (Phi) is 7.01. The molecule has 1 aromatic carbocycles. The van der Waals surface area contributed by atoms with Crippen LogP contribution in [0.5, 0.6) is 0 Å². The van der Waals surface area contributed by atoms with Gasteiger partial charge in [-0.05, 0) is 46.9 Å². The third-order valence-electron chi connectivity index (χ3n) is 3.95. The quantitative estimate of drug-likeness (QED) is 0.432. The maximum Gasteiger partial charge on any atom is 0.0913 e. The Labute approximate surface area is 131 Å². The summed E-state index contributed by atoms with van der Waals surface area (Å²) in [6.07, 6.45) is 4.71. The SMILES string of the molecule is C/C=C/OCCc1c(C(C)C)cc(C(C)C)cc1C(C)C. The maximum atomic E-state index is 5.55. The zero-order valence-electron chi connectivity index (χ0n) is 14.9. The zero-order chi connectivity index (χ0) is 16.0. The molecule has 0 aliphatic heterocycles. The van der Waals surface area contributed by atoms with Crippen LogP contribution < -0.4 is 0 Å². The first-order chi connectivity index (χ1) is 9.88. The first-order valence-electron chi connectivity index (χ1n) is 8.27. The molecule has 0 saturated carbocycles. The summed E-state index contributed by atoms with van der Waals surface area (Å²) < 4.78 is 5.55. The lowest BCUT2D eigenvalue weighted by Gasteiger charge is -2.23. The van der Waals surface area contributed by atoms with E-state index in [0.29, 0.717) is 17.8 Å². The van der Waals surface area contributed by atoms with Gasteiger partial charge >= 0.3 is 0 Å². The van der Waals surface area contributed by atoms with Gasteiger partial charge in [0.1, 0.15) is 0 Å². The summed E-state index contributed by atoms with van der Waals surface area (Å²) in [7, 11) is 0. The van der Waals surface area contributed by atoms with Crippen molar-refractivity contribution >= 4 is 0 Å². The average molecular weight is 288 g/mol. The van der Waals surface area contributed by atoms with Crippen molar-refractivity contribution in [1.82, 2.24) is 0 Å². The summed E-state index contributed by atoms with van der Waals surface area (Å²) in [6, 6.07) is 4.82. The van der Waals surface area contributed by atoms with E-state index >= 15 is 0 Å². The summed E-state index contributed by atoms with van der Waals surface area (Å²) in [5, 5.41) is 0. The van der Waals surface area contributed by atoms with Crippen molar-refractivity contribution < 1.29 is 4.74 Å². The van der Waals surface area contributed by atoms with Crippen LogP contribution in [0.4, 0.5) is 0 Å². The fourth-order valence-electron chi connectivity index (χ4n) is 2.72. The van der Waals surface area contributed by atoms with Gasteiger partial charge in [-0.15, -0.1) is 0 Å². The molecule has 21 heavy (non-hydrogen) atoms. The molecule has 1 rings (SSSR count). The van der Waals surface area contributed by atoms with Gasteiger partial charge in [0.25, 0.3) is 0 Å². The van der Waals surface area contributed by atoms with Crippen molar-refractivity contribution in [2.75, 3.05) is 6.61 Å². The summed E-state index contributed by atoms with van der Waals surface area (Å²) in [6.45, 7) is 16.5. The van der Waals surface area contributed by atoms with Crippen LogP contribution in [0.15, 0.2) is 24.5 Å². The van der Waals surface area contributed by atoms with Crippen molar-refractivity contribution in [1.29, 1.82) is 0 Å². The molecule has 0 N–H and O–H groups in total. The first-order valence-corrected chi connectivity index (χ1v) is 8.27. The van der Waals surface area contributed by atoms with Crippen molar-refractivity contribution in [3.05, 3.63) is 46.7 Å². The molecule has 0 atom stereocenters. The van der Waals surface area contributed by atoms with Gasteiger partial charge < -0.3 is 4.74 Å². The van der Waals surface area contributed by atoms with Gasteiger partial charge in [0.05, 0.1) is 12.9 Å². The predicted molar refractivity (Wildman–Crippen MR) is 93.2 cm³/mol. The molecule has 0 radical (unpaired) electrons. The minimum Gasteiger partial charge on any atom is -0.501 e. The summed E-state index contributed by atoms with van der Waals surface area (Å²) in [4.78, 5) is 0. The fraction of sp³-hybridized carbons (Fsp3) is 0.600. The molecule has 0 bridgehead atoms. The number of hydrogen-bond donors (Lipinski definition) is 0. The van der Waals surface area contributed by atoms with Crippen LogP contribution in [0.3, 0.4) is 0 Å². The van der Waals surface area contributed by atoms with E-state index in [0.717, 1.165) is 13.0 Å². The van der Waals surface area contributed by atoms with E-state index in [9.17, 15) is 0 Å². The zero-order valence-corrected chi connectivity index (χ0v) is 14.9. The largest absolute Gasteiger partial charge is 0.501 e. The third kappa shape index (κ3) is 4.91. The Morgan fingerprint density at radius 2 is 1.43 bits per heavy atom. The lowest BCUT2D eigenvalue weighted by atomic mass is 9.83. The molecule has 0 unspecified atom stereocenters. The Morgan fingerprint density at radius 1 is 0.905 bits per heavy atom. The van der Waals surface area contributed by atoms with Gasteiger partial charge in [0, 0.05) is 6.42 Å². The van der Waals surface area contributed by atoms with Crippen LogP contribution in [0.25, 0.3) is 0 Å². The van der Waals surface area contributed by atoms with Crippen LogP contribution in [0.1, 0.15) is 88.5 Å². The number of ether oxygens (including phenoxy) is 1. The number of hydrogen-bond acceptors (Lipinski definition) is 1. The molecular formula is C20H32O. The van der Waals surface area contributed by atoms with Gasteiger partial charge in [0.2, 0.25) is 0 Å². The third-order valence-corrected chi connectivity index (χ3v) is 3.95. The standard InChI is InChI=1S/C20H32O/c1-8-10-21-11-9-18-19(15(4)5)12-17(14(2)3)13-20(18)16(6)7/h8,10,12-16H,9,11H2,1-7H3/b10-8+. The molecule has 1 aromatic rings. The normalized spacial score (nSPS) is 12.1. The van der Waals surface area contributed by atoms with Crippen LogP contribution in [-0.2, 0) is 11.2 Å². The smallest absolute Gasteiger partial charge is 0.0913 e. The molecule has 0 aliphatic carbocycles. The Bertz CT molecular complexity index is 438. The average Bonchev–Trinajstić information content (AvgIpc) is 2.42. The van der Waals surface area contributed by atoms with Crippen LogP contribution in [0.2, 0.25) is 0 Å². The van der Waals surface area contributed by atoms with E-state index in [2.05, 4.69) is 53.7 Å². The topological polar surface area (TPSA) is 9.23 Å². The van der Waals surface area contributed by atoms with Crippen LogP contribution in [0, 0.1) is 0 Å². The highest BCUT2D eigenvalue weighted by Crippen LogP contribution is 2.32. The van der Waals surface area contributed by atoms with Gasteiger partial charge in [-0.25, -0.2) is 0 Å². The number of allylic oxidation sites excluding steroid dienone is 1. The molecule has 1 nitrogen and oxygen atoms in total. The summed E-state index contributed by atoms with van der Waals surface area (Å²) in [5.74, 6) is 1.68. The molecule has 118 valence electrons. The molecule has 0 aliphatic rings. The van der Waals surface area contributed by atoms with Crippen molar-refractivity contribution in [2.45, 2.75) is 72.6 Å². The van der Waals surface area contributed by atoms with Gasteiger partial charge in [0.15, 0.2) is 0 Å². The van der Waals surface area contributed by atoms with E-state index in [1.54, 1.807) is 6.26 Å². The highest BCUT2D eigenvalue weighted by Gasteiger charge is 2.16. The van der Waals surface area contributed by atoms with Crippen molar-refractivity contribution in [2.24, 2.45) is 0 Å². The summed E-state index contributed by atoms with van der Waals surface area (Å²) >= 11 is 0. The van der Waals surface area contributed by atoms with E-state index < -0.39 is 0 Å². The molecule has 0 amide bonds. The van der Waals surface area contributed by atoms with Crippen molar-refractivity contribution in [3.63, 3.8) is 0 Å². The maximum absolute atomic E-state index is 5.55. The van der Waals surface area contributed by atoms with Crippen molar-refractivity contribution in [3.8, 4) is 0 Å².